The number of nitrogens with zero attached hydrogens (tertiary/aromatic N) is 4. The molecule has 1 heterocycles. The van der Waals surface area contributed by atoms with Gasteiger partial charge in [0.1, 0.15) is 17.3 Å². The molecule has 0 bridgehead atoms. The number of ketones is 2. The number of carbonyl (C=O) groups excluding carboxylic acids is 2. The van der Waals surface area contributed by atoms with Crippen LogP contribution >= 0.6 is 0 Å². The lowest BCUT2D eigenvalue weighted by Crippen LogP contribution is -2.22. The third-order valence-corrected chi connectivity index (χ3v) is 6.02. The van der Waals surface area contributed by atoms with E-state index in [-0.39, 0.29) is 57.3 Å². The standard InChI is InChI=1S/C26H22N4O4/c1-4-5-12-30-25(33)19(13-27)15(3)22(26(30)34)29-28-21-14(2)10-11-18-20(21)24(32)17-9-7-6-8-16(17)23(18)31/h6-11,33H,4-5,12H2,1-3H3. The number of azo groups is 1. The van der Waals surface area contributed by atoms with Gasteiger partial charge in [-0.3, -0.25) is 19.0 Å². The molecule has 3 aromatic rings. The molecule has 1 aromatic heterocycles. The molecule has 2 aromatic carbocycles. The Morgan fingerprint density at radius 1 is 0.941 bits per heavy atom. The molecule has 0 amide bonds. The smallest absolute Gasteiger partial charge is 0.281 e. The number of aryl methyl sites for hydroxylation is 1. The molecule has 0 aliphatic heterocycles. The molecule has 34 heavy (non-hydrogen) atoms. The van der Waals surface area contributed by atoms with Crippen molar-refractivity contribution in [2.45, 2.75) is 40.2 Å². The fourth-order valence-electron chi connectivity index (χ4n) is 4.08. The first-order valence-corrected chi connectivity index (χ1v) is 10.9. The van der Waals surface area contributed by atoms with Gasteiger partial charge in [-0.05, 0) is 31.9 Å². The zero-order valence-electron chi connectivity index (χ0n) is 19.0. The number of fused-ring (bicyclic) bond motifs is 2. The second kappa shape index (κ2) is 8.87. The van der Waals surface area contributed by atoms with Crippen molar-refractivity contribution >= 4 is 22.9 Å². The molecule has 1 aliphatic rings. The largest absolute Gasteiger partial charge is 0.493 e. The van der Waals surface area contributed by atoms with Crippen LogP contribution in [0.1, 0.15) is 68.3 Å². The van der Waals surface area contributed by atoms with Gasteiger partial charge in [0, 0.05) is 28.8 Å². The number of carbonyl (C=O) groups is 2. The Morgan fingerprint density at radius 2 is 1.59 bits per heavy atom. The van der Waals surface area contributed by atoms with Crippen molar-refractivity contribution in [2.24, 2.45) is 10.2 Å². The summed E-state index contributed by atoms with van der Waals surface area (Å²) in [6, 6.07) is 11.8. The van der Waals surface area contributed by atoms with Crippen molar-refractivity contribution in [3.8, 4) is 11.9 Å². The summed E-state index contributed by atoms with van der Waals surface area (Å²) in [5.41, 5.74) is 1.23. The van der Waals surface area contributed by atoms with E-state index in [1.165, 1.54) is 6.92 Å². The van der Waals surface area contributed by atoms with Crippen molar-refractivity contribution in [3.05, 3.63) is 85.7 Å². The van der Waals surface area contributed by atoms with Crippen molar-refractivity contribution in [1.29, 1.82) is 5.26 Å². The van der Waals surface area contributed by atoms with E-state index in [0.29, 0.717) is 17.5 Å². The second-order valence-corrected chi connectivity index (χ2v) is 8.15. The Hall–Kier alpha value is -4.38. The highest BCUT2D eigenvalue weighted by molar-refractivity contribution is 6.30. The van der Waals surface area contributed by atoms with Crippen LogP contribution in [-0.2, 0) is 6.54 Å². The third kappa shape index (κ3) is 3.52. The number of nitriles is 1. The van der Waals surface area contributed by atoms with E-state index >= 15 is 0 Å². The van der Waals surface area contributed by atoms with E-state index in [4.69, 9.17) is 0 Å². The Balaban J connectivity index is 1.90. The topological polar surface area (TPSA) is 125 Å². The molecule has 170 valence electrons. The fourth-order valence-corrected chi connectivity index (χ4v) is 4.08. The van der Waals surface area contributed by atoms with E-state index in [2.05, 4.69) is 10.2 Å². The molecule has 0 radical (unpaired) electrons. The monoisotopic (exact) mass is 454 g/mol. The average molecular weight is 454 g/mol. The minimum atomic E-state index is -0.582. The van der Waals surface area contributed by atoms with E-state index in [1.54, 1.807) is 43.3 Å². The van der Waals surface area contributed by atoms with Crippen LogP contribution in [0.4, 0.5) is 11.4 Å². The maximum atomic E-state index is 13.3. The summed E-state index contributed by atoms with van der Waals surface area (Å²) in [6.45, 7) is 5.41. The molecule has 4 rings (SSSR count). The second-order valence-electron chi connectivity index (χ2n) is 8.15. The van der Waals surface area contributed by atoms with Crippen LogP contribution in [0.3, 0.4) is 0 Å². The number of aromatic nitrogens is 1. The highest BCUT2D eigenvalue weighted by Crippen LogP contribution is 2.37. The lowest BCUT2D eigenvalue weighted by molar-refractivity contribution is 0.0979. The summed E-state index contributed by atoms with van der Waals surface area (Å²) in [7, 11) is 0. The average Bonchev–Trinajstić information content (AvgIpc) is 2.83. The van der Waals surface area contributed by atoms with Crippen molar-refractivity contribution < 1.29 is 14.7 Å². The number of pyridine rings is 1. The summed E-state index contributed by atoms with van der Waals surface area (Å²) >= 11 is 0. The third-order valence-electron chi connectivity index (χ3n) is 6.02. The minimum Gasteiger partial charge on any atom is -0.493 e. The summed E-state index contributed by atoms with van der Waals surface area (Å²) in [5, 5.41) is 28.3. The normalized spacial score (nSPS) is 12.5. The number of unbranched alkanes of at least 4 members (excludes halogenated alkanes) is 1. The van der Waals surface area contributed by atoms with Gasteiger partial charge >= 0.3 is 0 Å². The molecule has 8 heteroatoms. The van der Waals surface area contributed by atoms with Crippen LogP contribution in [-0.4, -0.2) is 21.2 Å². The number of rotatable bonds is 5. The molecule has 1 N–H and O–H groups in total. The summed E-state index contributed by atoms with van der Waals surface area (Å²) < 4.78 is 1.11. The van der Waals surface area contributed by atoms with Crippen LogP contribution in [0.5, 0.6) is 5.88 Å². The lowest BCUT2D eigenvalue weighted by atomic mass is 9.82. The van der Waals surface area contributed by atoms with Gasteiger partial charge in [-0.25, -0.2) is 0 Å². The quantitative estimate of drug-likeness (QED) is 0.423. The van der Waals surface area contributed by atoms with E-state index in [1.807, 2.05) is 13.0 Å². The van der Waals surface area contributed by atoms with Crippen molar-refractivity contribution in [1.82, 2.24) is 4.57 Å². The Bertz CT molecular complexity index is 1490. The van der Waals surface area contributed by atoms with Crippen LogP contribution in [0.2, 0.25) is 0 Å². The molecule has 0 unspecified atom stereocenters. The first-order valence-electron chi connectivity index (χ1n) is 10.9. The zero-order valence-corrected chi connectivity index (χ0v) is 19.0. The van der Waals surface area contributed by atoms with Gasteiger partial charge in [0.15, 0.2) is 17.3 Å². The molecule has 0 saturated carbocycles. The van der Waals surface area contributed by atoms with Crippen LogP contribution in [0, 0.1) is 25.2 Å². The van der Waals surface area contributed by atoms with Gasteiger partial charge < -0.3 is 5.11 Å². The number of hydrogen-bond donors (Lipinski definition) is 1. The molecule has 1 aliphatic carbocycles. The number of hydrogen-bond acceptors (Lipinski definition) is 7. The molecular formula is C26H22N4O4. The predicted octanol–water partition coefficient (Wildman–Crippen LogP) is 5.03. The van der Waals surface area contributed by atoms with Crippen molar-refractivity contribution in [2.75, 3.05) is 0 Å². The van der Waals surface area contributed by atoms with Gasteiger partial charge in [0.2, 0.25) is 5.88 Å². The lowest BCUT2D eigenvalue weighted by Gasteiger charge is -2.19. The summed E-state index contributed by atoms with van der Waals surface area (Å²) in [6.07, 6.45) is 1.41. The number of benzene rings is 2. The first-order chi connectivity index (χ1) is 16.3. The molecule has 8 nitrogen and oxygen atoms in total. The Morgan fingerprint density at radius 3 is 2.24 bits per heavy atom. The van der Waals surface area contributed by atoms with Gasteiger partial charge in [-0.1, -0.05) is 43.7 Å². The van der Waals surface area contributed by atoms with Crippen molar-refractivity contribution in [3.63, 3.8) is 0 Å². The van der Waals surface area contributed by atoms with Crippen LogP contribution in [0.15, 0.2) is 51.4 Å². The maximum absolute atomic E-state index is 13.3. The fraction of sp³-hybridized carbons (Fsp3) is 0.231. The first kappa shape index (κ1) is 22.8. The highest BCUT2D eigenvalue weighted by atomic mass is 16.3. The van der Waals surface area contributed by atoms with Gasteiger partial charge in [0.05, 0.1) is 5.56 Å². The molecule has 0 saturated heterocycles. The molecule has 0 atom stereocenters. The van der Waals surface area contributed by atoms with Gasteiger partial charge in [-0.2, -0.15) is 5.26 Å². The van der Waals surface area contributed by atoms with Gasteiger partial charge in [-0.15, -0.1) is 10.2 Å². The number of aromatic hydroxyl groups is 1. The SMILES string of the molecule is CCCCn1c(O)c(C#N)c(C)c(N=Nc2c(C)ccc3c2C(=O)c2ccccc2C3=O)c1=O. The van der Waals surface area contributed by atoms with E-state index in [9.17, 15) is 24.8 Å². The predicted molar refractivity (Wildman–Crippen MR) is 125 cm³/mol. The Labute approximate surface area is 195 Å². The molecule has 0 spiro atoms. The Kier molecular flexibility index (Phi) is 5.95. The summed E-state index contributed by atoms with van der Waals surface area (Å²) in [4.78, 5) is 39.4. The zero-order chi connectivity index (χ0) is 24.6. The molecule has 0 fully saturated rings. The van der Waals surface area contributed by atoms with Crippen LogP contribution in [0.25, 0.3) is 0 Å². The van der Waals surface area contributed by atoms with Crippen LogP contribution < -0.4 is 5.56 Å². The van der Waals surface area contributed by atoms with E-state index < -0.39 is 11.4 Å². The molecular weight excluding hydrogens is 432 g/mol. The summed E-state index contributed by atoms with van der Waals surface area (Å²) in [5.74, 6) is -1.03. The highest BCUT2D eigenvalue weighted by Gasteiger charge is 2.32. The van der Waals surface area contributed by atoms with E-state index in [0.717, 1.165) is 11.0 Å². The maximum Gasteiger partial charge on any atom is 0.281 e. The minimum absolute atomic E-state index is 0.0587. The van der Waals surface area contributed by atoms with Gasteiger partial charge in [0.25, 0.3) is 5.56 Å².